The lowest BCUT2D eigenvalue weighted by molar-refractivity contribution is 0.457. The first kappa shape index (κ1) is 15.2. The third-order valence-electron chi connectivity index (χ3n) is 3.89. The maximum absolute atomic E-state index is 12.4. The summed E-state index contributed by atoms with van der Waals surface area (Å²) in [6, 6.07) is 9.20. The van der Waals surface area contributed by atoms with Crippen molar-refractivity contribution in [3.05, 3.63) is 48.3 Å². The highest BCUT2D eigenvalue weighted by atomic mass is 32.2. The summed E-state index contributed by atoms with van der Waals surface area (Å²) in [4.78, 5) is 0. The lowest BCUT2D eigenvalue weighted by Gasteiger charge is -2.22. The first-order valence-corrected chi connectivity index (χ1v) is 8.88. The molecule has 118 valence electrons. The van der Waals surface area contributed by atoms with Crippen molar-refractivity contribution < 1.29 is 8.42 Å². The van der Waals surface area contributed by atoms with E-state index in [4.69, 9.17) is 0 Å². The highest BCUT2D eigenvalue weighted by molar-refractivity contribution is 7.87. The first-order chi connectivity index (χ1) is 10.6. The maximum atomic E-state index is 12.4. The number of aromatic nitrogens is 2. The van der Waals surface area contributed by atoms with Crippen LogP contribution in [0.5, 0.6) is 0 Å². The largest absolute Gasteiger partial charge is 0.279 e. The molecule has 0 saturated carbocycles. The van der Waals surface area contributed by atoms with Crippen molar-refractivity contribution in [3.63, 3.8) is 0 Å². The van der Waals surface area contributed by atoms with Gasteiger partial charge in [0, 0.05) is 31.5 Å². The van der Waals surface area contributed by atoms with Crippen molar-refractivity contribution >= 4 is 10.2 Å². The number of para-hydroxylation sites is 1. The number of nitrogens with zero attached hydrogens (tertiary/aromatic N) is 3. The molecular formula is C15H20N4O2S. The summed E-state index contributed by atoms with van der Waals surface area (Å²) in [6.45, 7) is 3.06. The minimum atomic E-state index is -3.44. The molecule has 22 heavy (non-hydrogen) atoms. The first-order valence-electron chi connectivity index (χ1n) is 7.44. The summed E-state index contributed by atoms with van der Waals surface area (Å²) in [5.74, 6) is 0. The Bertz CT molecular complexity index is 722. The summed E-state index contributed by atoms with van der Waals surface area (Å²) in [7, 11) is -3.44. The molecule has 0 aliphatic carbocycles. The Morgan fingerprint density at radius 2 is 1.91 bits per heavy atom. The minimum absolute atomic E-state index is 0.328. The van der Waals surface area contributed by atoms with Gasteiger partial charge in [-0.15, -0.1) is 0 Å². The fourth-order valence-corrected chi connectivity index (χ4v) is 4.23. The summed E-state index contributed by atoms with van der Waals surface area (Å²) in [6.07, 6.45) is 5.41. The zero-order chi connectivity index (χ0) is 15.6. The lowest BCUT2D eigenvalue weighted by Crippen LogP contribution is -2.40. The van der Waals surface area contributed by atoms with E-state index in [0.29, 0.717) is 13.1 Å². The summed E-state index contributed by atoms with van der Waals surface area (Å²) in [5.41, 5.74) is 1.78. The van der Waals surface area contributed by atoms with E-state index < -0.39 is 10.2 Å². The Labute approximate surface area is 130 Å². The molecule has 1 aliphatic rings. The van der Waals surface area contributed by atoms with Crippen LogP contribution >= 0.6 is 0 Å². The van der Waals surface area contributed by atoms with Crippen LogP contribution in [0.15, 0.2) is 42.7 Å². The number of hydrogen-bond donors (Lipinski definition) is 1. The van der Waals surface area contributed by atoms with Gasteiger partial charge >= 0.3 is 0 Å². The molecule has 1 saturated heterocycles. The molecule has 1 aliphatic heterocycles. The van der Waals surface area contributed by atoms with Crippen molar-refractivity contribution in [1.82, 2.24) is 18.8 Å². The molecular weight excluding hydrogens is 300 g/mol. The molecule has 1 aromatic carbocycles. The molecule has 0 radical (unpaired) electrons. The van der Waals surface area contributed by atoms with Crippen LogP contribution in [0.25, 0.3) is 5.69 Å². The highest BCUT2D eigenvalue weighted by Gasteiger charge is 2.27. The van der Waals surface area contributed by atoms with Gasteiger partial charge in [0.1, 0.15) is 0 Å². The predicted molar refractivity (Wildman–Crippen MR) is 84.8 cm³/mol. The number of hydrogen-bond acceptors (Lipinski definition) is 3. The highest BCUT2D eigenvalue weighted by Crippen LogP contribution is 2.23. The second-order valence-corrected chi connectivity index (χ2v) is 7.16. The van der Waals surface area contributed by atoms with E-state index in [9.17, 15) is 8.42 Å². The molecule has 2 heterocycles. The van der Waals surface area contributed by atoms with Crippen LogP contribution in [0.2, 0.25) is 0 Å². The molecule has 6 nitrogen and oxygen atoms in total. The number of benzene rings is 1. The zero-order valence-electron chi connectivity index (χ0n) is 12.5. The SMILES string of the molecule is CC(NS(=O)(=O)N1CCCC1)c1ccccc1-n1cccn1. The van der Waals surface area contributed by atoms with Gasteiger partial charge in [-0.2, -0.15) is 22.5 Å². The van der Waals surface area contributed by atoms with Gasteiger partial charge in [-0.3, -0.25) is 0 Å². The fraction of sp³-hybridized carbons (Fsp3) is 0.400. The second kappa shape index (κ2) is 6.20. The third-order valence-corrected chi connectivity index (χ3v) is 5.58. The zero-order valence-corrected chi connectivity index (χ0v) is 13.3. The summed E-state index contributed by atoms with van der Waals surface area (Å²) < 4.78 is 30.8. The smallest absolute Gasteiger partial charge is 0.241 e. The van der Waals surface area contributed by atoms with Gasteiger partial charge in [-0.1, -0.05) is 18.2 Å². The Morgan fingerprint density at radius 3 is 2.59 bits per heavy atom. The Hall–Kier alpha value is -1.70. The normalized spacial score (nSPS) is 17.7. The average molecular weight is 320 g/mol. The van der Waals surface area contributed by atoms with Gasteiger partial charge in [0.2, 0.25) is 0 Å². The van der Waals surface area contributed by atoms with E-state index in [-0.39, 0.29) is 6.04 Å². The van der Waals surface area contributed by atoms with E-state index in [1.165, 1.54) is 4.31 Å². The molecule has 1 N–H and O–H groups in total. The number of nitrogens with one attached hydrogen (secondary N) is 1. The van der Waals surface area contributed by atoms with Crippen LogP contribution in [0, 0.1) is 0 Å². The van der Waals surface area contributed by atoms with Crippen molar-refractivity contribution in [2.24, 2.45) is 0 Å². The van der Waals surface area contributed by atoms with Crippen LogP contribution in [-0.2, 0) is 10.2 Å². The molecule has 2 aromatic rings. The monoisotopic (exact) mass is 320 g/mol. The molecule has 0 amide bonds. The summed E-state index contributed by atoms with van der Waals surface area (Å²) in [5, 5.41) is 4.23. The molecule has 0 bridgehead atoms. The van der Waals surface area contributed by atoms with Crippen LogP contribution in [0.1, 0.15) is 31.4 Å². The lowest BCUT2D eigenvalue weighted by atomic mass is 10.1. The van der Waals surface area contributed by atoms with Gasteiger partial charge in [-0.25, -0.2) is 4.68 Å². The Kier molecular flexibility index (Phi) is 4.28. The van der Waals surface area contributed by atoms with E-state index in [0.717, 1.165) is 24.1 Å². The molecule has 3 rings (SSSR count). The maximum Gasteiger partial charge on any atom is 0.279 e. The predicted octanol–water partition coefficient (Wildman–Crippen LogP) is 1.86. The van der Waals surface area contributed by atoms with E-state index in [2.05, 4.69) is 9.82 Å². The van der Waals surface area contributed by atoms with Gasteiger partial charge in [0.25, 0.3) is 10.2 Å². The molecule has 1 atom stereocenters. The Morgan fingerprint density at radius 1 is 1.18 bits per heavy atom. The minimum Gasteiger partial charge on any atom is -0.241 e. The van der Waals surface area contributed by atoms with Crippen molar-refractivity contribution in [2.75, 3.05) is 13.1 Å². The van der Waals surface area contributed by atoms with Crippen LogP contribution < -0.4 is 4.72 Å². The fourth-order valence-electron chi connectivity index (χ4n) is 2.76. The molecule has 1 aromatic heterocycles. The standard InChI is InChI=1S/C15H20N4O2S/c1-13(17-22(20,21)18-10-4-5-11-18)14-7-2-3-8-15(14)19-12-6-9-16-19/h2-3,6-9,12-13,17H,4-5,10-11H2,1H3. The molecule has 1 fully saturated rings. The van der Waals surface area contributed by atoms with Gasteiger partial charge in [-0.05, 0) is 37.5 Å². The van der Waals surface area contributed by atoms with Crippen molar-refractivity contribution in [3.8, 4) is 5.69 Å². The van der Waals surface area contributed by atoms with Gasteiger partial charge in [0.05, 0.1) is 5.69 Å². The topological polar surface area (TPSA) is 67.2 Å². The quantitative estimate of drug-likeness (QED) is 0.914. The number of rotatable bonds is 5. The van der Waals surface area contributed by atoms with Crippen LogP contribution in [0.3, 0.4) is 0 Å². The van der Waals surface area contributed by atoms with Gasteiger partial charge < -0.3 is 0 Å². The van der Waals surface area contributed by atoms with Crippen molar-refractivity contribution in [1.29, 1.82) is 0 Å². The molecule has 7 heteroatoms. The van der Waals surface area contributed by atoms with E-state index in [1.807, 2.05) is 43.5 Å². The van der Waals surface area contributed by atoms with E-state index >= 15 is 0 Å². The summed E-state index contributed by atoms with van der Waals surface area (Å²) >= 11 is 0. The molecule has 0 spiro atoms. The van der Waals surface area contributed by atoms with Crippen LogP contribution in [-0.4, -0.2) is 35.6 Å². The van der Waals surface area contributed by atoms with Crippen molar-refractivity contribution in [2.45, 2.75) is 25.8 Å². The third kappa shape index (κ3) is 3.06. The van der Waals surface area contributed by atoms with Crippen LogP contribution in [0.4, 0.5) is 0 Å². The van der Waals surface area contributed by atoms with E-state index in [1.54, 1.807) is 10.9 Å². The molecule has 1 unspecified atom stereocenters. The second-order valence-electron chi connectivity index (χ2n) is 5.46. The Balaban J connectivity index is 1.85. The average Bonchev–Trinajstić information content (AvgIpc) is 3.20. The van der Waals surface area contributed by atoms with Gasteiger partial charge in [0.15, 0.2) is 0 Å².